The average Bonchev–Trinajstić information content (AvgIpc) is 2.99. The zero-order valence-electron chi connectivity index (χ0n) is 11.6. The lowest BCUT2D eigenvalue weighted by Gasteiger charge is -2.10. The van der Waals surface area contributed by atoms with Crippen LogP contribution in [0.2, 0.25) is 0 Å². The highest BCUT2D eigenvalue weighted by molar-refractivity contribution is 5.91. The van der Waals surface area contributed by atoms with Crippen LogP contribution < -0.4 is 15.8 Å². The first-order valence-corrected chi connectivity index (χ1v) is 6.78. The molecule has 1 amide bonds. The van der Waals surface area contributed by atoms with E-state index < -0.39 is 0 Å². The summed E-state index contributed by atoms with van der Waals surface area (Å²) in [7, 11) is 0. The molecule has 0 radical (unpaired) electrons. The van der Waals surface area contributed by atoms with Crippen molar-refractivity contribution in [1.82, 2.24) is 0 Å². The van der Waals surface area contributed by atoms with Crippen LogP contribution in [-0.4, -0.2) is 36.3 Å². The fourth-order valence-corrected chi connectivity index (χ4v) is 2.04. The highest BCUT2D eigenvalue weighted by atomic mass is 16.5. The molecule has 1 fully saturated rings. The smallest absolute Gasteiger partial charge is 0.226 e. The molecule has 1 aromatic rings. The first-order valence-electron chi connectivity index (χ1n) is 6.78. The monoisotopic (exact) mass is 293 g/mol. The third kappa shape index (κ3) is 4.96. The van der Waals surface area contributed by atoms with Crippen LogP contribution in [0.5, 0.6) is 5.75 Å². The number of amides is 1. The summed E-state index contributed by atoms with van der Waals surface area (Å²) in [6.45, 7) is 0.742. The Morgan fingerprint density at radius 2 is 2.24 bits per heavy atom. The predicted molar refractivity (Wildman–Crippen MR) is 77.6 cm³/mol. The Morgan fingerprint density at radius 1 is 1.48 bits per heavy atom. The summed E-state index contributed by atoms with van der Waals surface area (Å²) >= 11 is 0. The summed E-state index contributed by atoms with van der Waals surface area (Å²) in [6, 6.07) is 6.86. The highest BCUT2D eigenvalue weighted by Gasteiger charge is 2.18. The lowest BCUT2D eigenvalue weighted by Crippen LogP contribution is -2.21. The third-order valence-corrected chi connectivity index (χ3v) is 3.09. The van der Waals surface area contributed by atoms with Gasteiger partial charge in [-0.3, -0.25) is 4.79 Å². The maximum Gasteiger partial charge on any atom is 0.226 e. The summed E-state index contributed by atoms with van der Waals surface area (Å²) in [5.74, 6) is 0.495. The molecule has 1 unspecified atom stereocenters. The third-order valence-electron chi connectivity index (χ3n) is 3.09. The van der Waals surface area contributed by atoms with Crippen molar-refractivity contribution >= 4 is 17.4 Å². The molecule has 7 nitrogen and oxygen atoms in total. The average molecular weight is 293 g/mol. The number of amidine groups is 1. The number of ether oxygens (including phenoxy) is 2. The van der Waals surface area contributed by atoms with Gasteiger partial charge in [-0.25, -0.2) is 0 Å². The molecule has 114 valence electrons. The number of nitrogens with one attached hydrogen (secondary N) is 1. The normalized spacial score (nSPS) is 18.5. The van der Waals surface area contributed by atoms with Gasteiger partial charge in [0.05, 0.1) is 12.5 Å². The van der Waals surface area contributed by atoms with Gasteiger partial charge in [0, 0.05) is 12.3 Å². The van der Waals surface area contributed by atoms with E-state index in [9.17, 15) is 4.79 Å². The molecule has 0 aromatic heterocycles. The van der Waals surface area contributed by atoms with Crippen molar-refractivity contribution < 1.29 is 19.5 Å². The van der Waals surface area contributed by atoms with Crippen molar-refractivity contribution in [2.24, 2.45) is 10.9 Å². The number of oxime groups is 1. The van der Waals surface area contributed by atoms with Crippen molar-refractivity contribution in [1.29, 1.82) is 0 Å². The molecule has 0 spiro atoms. The summed E-state index contributed by atoms with van der Waals surface area (Å²) < 4.78 is 10.7. The van der Waals surface area contributed by atoms with Gasteiger partial charge < -0.3 is 25.7 Å². The molecule has 0 aliphatic carbocycles. The molecule has 1 aromatic carbocycles. The number of rotatable bonds is 6. The molecular weight excluding hydrogens is 274 g/mol. The van der Waals surface area contributed by atoms with Crippen LogP contribution in [-0.2, 0) is 9.53 Å². The Hall–Kier alpha value is -2.28. The van der Waals surface area contributed by atoms with Gasteiger partial charge in [-0.2, -0.15) is 0 Å². The van der Waals surface area contributed by atoms with E-state index in [2.05, 4.69) is 10.5 Å². The SMILES string of the molecule is NC(COc1ccc(NC(=O)CC2CCCO2)cc1)=NO. The van der Waals surface area contributed by atoms with Crippen molar-refractivity contribution in [3.8, 4) is 5.75 Å². The Labute approximate surface area is 122 Å². The largest absolute Gasteiger partial charge is 0.486 e. The molecule has 0 saturated carbocycles. The Morgan fingerprint density at radius 3 is 2.86 bits per heavy atom. The predicted octanol–water partition coefficient (Wildman–Crippen LogP) is 1.32. The first kappa shape index (κ1) is 15.1. The molecular formula is C14H19N3O4. The maximum absolute atomic E-state index is 11.8. The van der Waals surface area contributed by atoms with Crippen LogP contribution in [0.4, 0.5) is 5.69 Å². The van der Waals surface area contributed by atoms with Gasteiger partial charge in [0.2, 0.25) is 5.91 Å². The fraction of sp³-hybridized carbons (Fsp3) is 0.429. The maximum atomic E-state index is 11.8. The number of nitrogens with two attached hydrogens (primary N) is 1. The molecule has 1 heterocycles. The second-order valence-electron chi connectivity index (χ2n) is 4.79. The summed E-state index contributed by atoms with van der Waals surface area (Å²) in [6.07, 6.45) is 2.37. The van der Waals surface area contributed by atoms with Crippen LogP contribution >= 0.6 is 0 Å². The number of carbonyl (C=O) groups is 1. The van der Waals surface area contributed by atoms with E-state index in [1.807, 2.05) is 0 Å². The standard InChI is InChI=1S/C14H19N3O4/c15-13(17-19)9-21-11-5-3-10(4-6-11)16-14(18)8-12-2-1-7-20-12/h3-6,12,19H,1-2,7-9H2,(H2,15,17)(H,16,18). The number of benzene rings is 1. The van der Waals surface area contributed by atoms with E-state index in [1.54, 1.807) is 24.3 Å². The molecule has 7 heteroatoms. The van der Waals surface area contributed by atoms with Crippen molar-refractivity contribution in [2.75, 3.05) is 18.5 Å². The zero-order chi connectivity index (χ0) is 15.1. The molecule has 4 N–H and O–H groups in total. The number of hydrogen-bond donors (Lipinski definition) is 3. The van der Waals surface area contributed by atoms with Gasteiger partial charge in [-0.1, -0.05) is 5.16 Å². The van der Waals surface area contributed by atoms with Crippen molar-refractivity contribution in [2.45, 2.75) is 25.4 Å². The van der Waals surface area contributed by atoms with Gasteiger partial charge in [-0.15, -0.1) is 0 Å². The molecule has 1 aliphatic rings. The van der Waals surface area contributed by atoms with Gasteiger partial charge in [0.15, 0.2) is 5.84 Å². The molecule has 0 bridgehead atoms. The summed E-state index contributed by atoms with van der Waals surface area (Å²) in [4.78, 5) is 11.8. The summed E-state index contributed by atoms with van der Waals surface area (Å²) in [5.41, 5.74) is 5.99. The minimum absolute atomic E-state index is 0.00121. The number of anilines is 1. The fourth-order valence-electron chi connectivity index (χ4n) is 2.04. The highest BCUT2D eigenvalue weighted by Crippen LogP contribution is 2.18. The van der Waals surface area contributed by atoms with E-state index in [4.69, 9.17) is 20.4 Å². The van der Waals surface area contributed by atoms with Crippen LogP contribution in [0.25, 0.3) is 0 Å². The topological polar surface area (TPSA) is 106 Å². The van der Waals surface area contributed by atoms with Crippen molar-refractivity contribution in [3.05, 3.63) is 24.3 Å². The van der Waals surface area contributed by atoms with Gasteiger partial charge >= 0.3 is 0 Å². The zero-order valence-corrected chi connectivity index (χ0v) is 11.6. The second kappa shape index (κ2) is 7.49. The lowest BCUT2D eigenvalue weighted by atomic mass is 10.2. The molecule has 21 heavy (non-hydrogen) atoms. The molecule has 1 atom stereocenters. The number of hydrogen-bond acceptors (Lipinski definition) is 5. The van der Waals surface area contributed by atoms with Crippen LogP contribution in [0, 0.1) is 0 Å². The van der Waals surface area contributed by atoms with Crippen LogP contribution in [0.15, 0.2) is 29.4 Å². The van der Waals surface area contributed by atoms with E-state index in [0.717, 1.165) is 19.4 Å². The van der Waals surface area contributed by atoms with Crippen molar-refractivity contribution in [3.63, 3.8) is 0 Å². The molecule has 1 saturated heterocycles. The van der Waals surface area contributed by atoms with E-state index in [1.165, 1.54) is 0 Å². The number of nitrogens with zero attached hydrogens (tertiary/aromatic N) is 1. The Balaban J connectivity index is 1.79. The van der Waals surface area contributed by atoms with Gasteiger partial charge in [0.1, 0.15) is 12.4 Å². The van der Waals surface area contributed by atoms with E-state index in [0.29, 0.717) is 17.9 Å². The Kier molecular flexibility index (Phi) is 5.39. The Bertz CT molecular complexity index is 495. The summed E-state index contributed by atoms with van der Waals surface area (Å²) in [5, 5.41) is 14.0. The minimum Gasteiger partial charge on any atom is -0.486 e. The van der Waals surface area contributed by atoms with E-state index in [-0.39, 0.29) is 24.5 Å². The van der Waals surface area contributed by atoms with Gasteiger partial charge in [0.25, 0.3) is 0 Å². The minimum atomic E-state index is -0.0628. The first-order chi connectivity index (χ1) is 10.2. The quantitative estimate of drug-likeness (QED) is 0.317. The lowest BCUT2D eigenvalue weighted by molar-refractivity contribution is -0.118. The van der Waals surface area contributed by atoms with E-state index >= 15 is 0 Å². The molecule has 1 aliphatic heterocycles. The second-order valence-corrected chi connectivity index (χ2v) is 4.79. The van der Waals surface area contributed by atoms with Gasteiger partial charge in [-0.05, 0) is 37.1 Å². The number of carbonyl (C=O) groups excluding carboxylic acids is 1. The van der Waals surface area contributed by atoms with Crippen LogP contribution in [0.3, 0.4) is 0 Å². The van der Waals surface area contributed by atoms with Crippen LogP contribution in [0.1, 0.15) is 19.3 Å². The molecule has 2 rings (SSSR count).